The lowest BCUT2D eigenvalue weighted by Gasteiger charge is -2.17. The van der Waals surface area contributed by atoms with E-state index in [2.05, 4.69) is 10.5 Å². The van der Waals surface area contributed by atoms with E-state index in [4.69, 9.17) is 4.52 Å². The maximum absolute atomic E-state index is 12.1. The molecule has 1 heterocycles. The molecule has 122 valence electrons. The van der Waals surface area contributed by atoms with Crippen molar-refractivity contribution in [2.75, 3.05) is 16.8 Å². The van der Waals surface area contributed by atoms with Crippen LogP contribution in [0, 0.1) is 20.8 Å². The summed E-state index contributed by atoms with van der Waals surface area (Å²) >= 11 is 0. The number of rotatable bonds is 5. The molecular weight excluding hydrogens is 294 g/mol. The van der Waals surface area contributed by atoms with Gasteiger partial charge in [0.05, 0.1) is 0 Å². The van der Waals surface area contributed by atoms with Crippen molar-refractivity contribution in [3.8, 4) is 0 Å². The minimum absolute atomic E-state index is 0.150. The lowest BCUT2D eigenvalue weighted by Crippen LogP contribution is -2.32. The van der Waals surface area contributed by atoms with Crippen molar-refractivity contribution in [2.45, 2.75) is 34.1 Å². The third-order valence-corrected chi connectivity index (χ3v) is 3.49. The summed E-state index contributed by atoms with van der Waals surface area (Å²) in [4.78, 5) is 25.3. The van der Waals surface area contributed by atoms with Crippen LogP contribution in [0.5, 0.6) is 0 Å². The zero-order valence-electron chi connectivity index (χ0n) is 13.8. The van der Waals surface area contributed by atoms with E-state index >= 15 is 0 Å². The standard InChI is InChI=1S/C17H21N3O3/c1-11-5-6-15(12(2)9-11)18-17(22)7-8-20(14(4)21)16-10-13(3)23-19-16/h5-6,9-10H,7-8H2,1-4H3,(H,18,22). The van der Waals surface area contributed by atoms with E-state index in [1.54, 1.807) is 13.0 Å². The molecule has 0 unspecified atom stereocenters. The maximum atomic E-state index is 12.1. The number of hydrogen-bond acceptors (Lipinski definition) is 4. The molecule has 0 radical (unpaired) electrons. The predicted octanol–water partition coefficient (Wildman–Crippen LogP) is 2.98. The molecule has 0 aliphatic rings. The highest BCUT2D eigenvalue weighted by Crippen LogP contribution is 2.17. The minimum Gasteiger partial charge on any atom is -0.360 e. The molecule has 0 aliphatic carbocycles. The highest BCUT2D eigenvalue weighted by Gasteiger charge is 2.17. The Hall–Kier alpha value is -2.63. The first-order valence-corrected chi connectivity index (χ1v) is 7.45. The van der Waals surface area contributed by atoms with Gasteiger partial charge in [0.1, 0.15) is 5.76 Å². The fourth-order valence-electron chi connectivity index (χ4n) is 2.29. The maximum Gasteiger partial charge on any atom is 0.226 e. The molecule has 0 saturated heterocycles. The zero-order chi connectivity index (χ0) is 17.0. The summed E-state index contributed by atoms with van der Waals surface area (Å²) < 4.78 is 4.98. The SMILES string of the molecule is CC(=O)N(CCC(=O)Nc1ccc(C)cc1C)c1cc(C)on1. The fraction of sp³-hybridized carbons (Fsp3) is 0.353. The molecule has 2 rings (SSSR count). The van der Waals surface area contributed by atoms with E-state index in [0.717, 1.165) is 16.8 Å². The van der Waals surface area contributed by atoms with Crippen LogP contribution in [0.15, 0.2) is 28.8 Å². The first-order chi connectivity index (χ1) is 10.9. The van der Waals surface area contributed by atoms with Crippen molar-refractivity contribution < 1.29 is 14.1 Å². The molecular formula is C17H21N3O3. The molecule has 6 heteroatoms. The second kappa shape index (κ2) is 7.09. The van der Waals surface area contributed by atoms with Crippen molar-refractivity contribution in [2.24, 2.45) is 0 Å². The van der Waals surface area contributed by atoms with Gasteiger partial charge >= 0.3 is 0 Å². The molecule has 0 fully saturated rings. The van der Waals surface area contributed by atoms with Crippen molar-refractivity contribution in [3.05, 3.63) is 41.2 Å². The third-order valence-electron chi connectivity index (χ3n) is 3.49. The molecule has 2 amide bonds. The number of aromatic nitrogens is 1. The Morgan fingerprint density at radius 1 is 1.22 bits per heavy atom. The summed E-state index contributed by atoms with van der Waals surface area (Å²) in [5.74, 6) is 0.710. The minimum atomic E-state index is -0.183. The number of hydrogen-bond donors (Lipinski definition) is 1. The Bertz CT molecular complexity index is 722. The fourth-order valence-corrected chi connectivity index (χ4v) is 2.29. The van der Waals surface area contributed by atoms with Gasteiger partial charge in [0.2, 0.25) is 11.8 Å². The molecule has 1 N–H and O–H groups in total. The molecule has 0 spiro atoms. The molecule has 6 nitrogen and oxygen atoms in total. The number of benzene rings is 1. The van der Waals surface area contributed by atoms with Gasteiger partial charge in [-0.05, 0) is 32.4 Å². The van der Waals surface area contributed by atoms with E-state index in [9.17, 15) is 9.59 Å². The number of anilines is 2. The first-order valence-electron chi connectivity index (χ1n) is 7.45. The van der Waals surface area contributed by atoms with Gasteiger partial charge in [-0.1, -0.05) is 22.9 Å². The van der Waals surface area contributed by atoms with E-state index in [1.807, 2.05) is 32.0 Å². The summed E-state index contributed by atoms with van der Waals surface area (Å²) in [5.41, 5.74) is 2.94. The smallest absolute Gasteiger partial charge is 0.226 e. The van der Waals surface area contributed by atoms with Crippen LogP contribution in [0.4, 0.5) is 11.5 Å². The van der Waals surface area contributed by atoms with Crippen LogP contribution in [0.3, 0.4) is 0 Å². The number of nitrogens with one attached hydrogen (secondary N) is 1. The number of aryl methyl sites for hydroxylation is 3. The quantitative estimate of drug-likeness (QED) is 0.920. The topological polar surface area (TPSA) is 75.4 Å². The van der Waals surface area contributed by atoms with E-state index in [-0.39, 0.29) is 24.8 Å². The van der Waals surface area contributed by atoms with E-state index < -0.39 is 0 Å². The Balaban J connectivity index is 1.98. The Labute approximate surface area is 135 Å². The van der Waals surface area contributed by atoms with Crippen LogP contribution in [0.1, 0.15) is 30.2 Å². The van der Waals surface area contributed by atoms with Crippen LogP contribution >= 0.6 is 0 Å². The summed E-state index contributed by atoms with van der Waals surface area (Å²) in [7, 11) is 0. The van der Waals surface area contributed by atoms with E-state index in [1.165, 1.54) is 11.8 Å². The highest BCUT2D eigenvalue weighted by atomic mass is 16.5. The number of carbonyl (C=O) groups excluding carboxylic acids is 2. The Morgan fingerprint density at radius 3 is 2.52 bits per heavy atom. The van der Waals surface area contributed by atoms with E-state index in [0.29, 0.717) is 11.6 Å². The largest absolute Gasteiger partial charge is 0.360 e. The Kier molecular flexibility index (Phi) is 5.16. The second-order valence-corrected chi connectivity index (χ2v) is 5.58. The molecule has 23 heavy (non-hydrogen) atoms. The van der Waals surface area contributed by atoms with Gasteiger partial charge in [-0.15, -0.1) is 0 Å². The zero-order valence-corrected chi connectivity index (χ0v) is 13.8. The molecule has 2 aromatic rings. The van der Waals surface area contributed by atoms with Crippen molar-refractivity contribution >= 4 is 23.3 Å². The lowest BCUT2D eigenvalue weighted by atomic mass is 10.1. The molecule has 0 bridgehead atoms. The average Bonchev–Trinajstić information content (AvgIpc) is 2.88. The van der Waals surface area contributed by atoms with Crippen LogP contribution in [-0.4, -0.2) is 23.5 Å². The van der Waals surface area contributed by atoms with Crippen LogP contribution in [-0.2, 0) is 9.59 Å². The van der Waals surface area contributed by atoms with Gasteiger partial charge in [-0.25, -0.2) is 0 Å². The summed E-state index contributed by atoms with van der Waals surface area (Å²) in [6, 6.07) is 7.51. The molecule has 0 aliphatic heterocycles. The molecule has 0 atom stereocenters. The van der Waals surface area contributed by atoms with Crippen LogP contribution < -0.4 is 10.2 Å². The van der Waals surface area contributed by atoms with Crippen molar-refractivity contribution in [1.29, 1.82) is 0 Å². The first kappa shape index (κ1) is 16.7. The lowest BCUT2D eigenvalue weighted by molar-refractivity contribution is -0.117. The van der Waals surface area contributed by atoms with Crippen LogP contribution in [0.2, 0.25) is 0 Å². The van der Waals surface area contributed by atoms with Crippen LogP contribution in [0.25, 0.3) is 0 Å². The highest BCUT2D eigenvalue weighted by molar-refractivity contribution is 5.94. The van der Waals surface area contributed by atoms with Gasteiger partial charge < -0.3 is 9.84 Å². The second-order valence-electron chi connectivity index (χ2n) is 5.58. The summed E-state index contributed by atoms with van der Waals surface area (Å²) in [6.07, 6.45) is 0.179. The summed E-state index contributed by atoms with van der Waals surface area (Å²) in [5, 5.41) is 6.69. The van der Waals surface area contributed by atoms with Crippen molar-refractivity contribution in [3.63, 3.8) is 0 Å². The van der Waals surface area contributed by atoms with Crippen molar-refractivity contribution in [1.82, 2.24) is 5.16 Å². The van der Waals surface area contributed by atoms with Gasteiger partial charge in [0.25, 0.3) is 0 Å². The normalized spacial score (nSPS) is 10.4. The molecule has 1 aromatic heterocycles. The summed E-state index contributed by atoms with van der Waals surface area (Å²) in [6.45, 7) is 7.39. The van der Waals surface area contributed by atoms with Gasteiger partial charge in [0, 0.05) is 31.6 Å². The number of amides is 2. The number of nitrogens with zero attached hydrogens (tertiary/aromatic N) is 2. The predicted molar refractivity (Wildman–Crippen MR) is 88.4 cm³/mol. The number of carbonyl (C=O) groups is 2. The van der Waals surface area contributed by atoms with Gasteiger partial charge in [-0.2, -0.15) is 0 Å². The Morgan fingerprint density at radius 2 is 1.96 bits per heavy atom. The average molecular weight is 315 g/mol. The third kappa shape index (κ3) is 4.42. The molecule has 0 saturated carbocycles. The van der Waals surface area contributed by atoms with Gasteiger partial charge in [0.15, 0.2) is 5.82 Å². The van der Waals surface area contributed by atoms with Gasteiger partial charge in [-0.3, -0.25) is 14.5 Å². The monoisotopic (exact) mass is 315 g/mol. The molecule has 1 aromatic carbocycles.